The van der Waals surface area contributed by atoms with Crippen LogP contribution in [0.25, 0.3) is 0 Å². The van der Waals surface area contributed by atoms with Crippen LogP contribution >= 0.6 is 22.6 Å². The van der Waals surface area contributed by atoms with E-state index in [9.17, 15) is 8.42 Å². The molecule has 0 aliphatic heterocycles. The van der Waals surface area contributed by atoms with Crippen molar-refractivity contribution in [3.05, 3.63) is 0 Å². The van der Waals surface area contributed by atoms with Gasteiger partial charge in [-0.2, -0.15) is 0 Å². The number of unbranched alkanes of at least 4 members (excludes halogenated alkanes) is 2. The number of hydrogen-bond donors (Lipinski definition) is 1. The number of rotatable bonds is 7. The number of sulfonamides is 1. The largest absolute Gasteiger partial charge is 0.215 e. The Morgan fingerprint density at radius 3 is 2.38 bits per heavy atom. The maximum Gasteiger partial charge on any atom is 0.214 e. The Labute approximate surface area is 113 Å². The van der Waals surface area contributed by atoms with Crippen molar-refractivity contribution in [2.75, 3.05) is 11.0 Å². The first-order valence-corrected chi connectivity index (χ1v) is 9.28. The summed E-state index contributed by atoms with van der Waals surface area (Å²) >= 11 is 2.35. The molecule has 16 heavy (non-hydrogen) atoms. The minimum absolute atomic E-state index is 0.120. The van der Waals surface area contributed by atoms with E-state index in [0.717, 1.165) is 43.0 Å². The lowest BCUT2D eigenvalue weighted by Gasteiger charge is -2.21. The number of hydrogen-bond acceptors (Lipinski definition) is 2. The molecule has 0 saturated heterocycles. The van der Waals surface area contributed by atoms with E-state index < -0.39 is 10.0 Å². The summed E-state index contributed by atoms with van der Waals surface area (Å²) in [6.45, 7) is 0.621. The predicted octanol–water partition coefficient (Wildman–Crippen LogP) is 2.84. The van der Waals surface area contributed by atoms with Crippen LogP contribution in [0.4, 0.5) is 0 Å². The van der Waals surface area contributed by atoms with Crippen LogP contribution in [0, 0.1) is 0 Å². The maximum absolute atomic E-state index is 11.9. The molecule has 1 saturated carbocycles. The van der Waals surface area contributed by atoms with Gasteiger partial charge in [0.1, 0.15) is 0 Å². The van der Waals surface area contributed by atoms with Crippen molar-refractivity contribution in [1.29, 1.82) is 0 Å². The third kappa shape index (κ3) is 5.31. The first kappa shape index (κ1) is 14.7. The highest BCUT2D eigenvalue weighted by Crippen LogP contribution is 2.22. The molecule has 3 nitrogen and oxygen atoms in total. The summed E-state index contributed by atoms with van der Waals surface area (Å²) in [5.74, 6) is 0. The van der Waals surface area contributed by atoms with Gasteiger partial charge in [0.25, 0.3) is 0 Å². The summed E-state index contributed by atoms with van der Waals surface area (Å²) < 4.78 is 27.7. The second-order valence-corrected chi connectivity index (χ2v) is 7.57. The first-order chi connectivity index (χ1) is 7.67. The zero-order valence-corrected chi connectivity index (χ0v) is 12.7. The van der Waals surface area contributed by atoms with E-state index in [1.165, 1.54) is 12.8 Å². The Hall–Kier alpha value is 0.640. The van der Waals surface area contributed by atoms with Gasteiger partial charge in [-0.3, -0.25) is 0 Å². The van der Waals surface area contributed by atoms with Crippen molar-refractivity contribution in [2.24, 2.45) is 0 Å². The zero-order chi connectivity index (χ0) is 11.9. The fourth-order valence-electron chi connectivity index (χ4n) is 2.10. The molecular weight excluding hydrogens is 337 g/mol. The highest BCUT2D eigenvalue weighted by molar-refractivity contribution is 14.1. The lowest BCUT2D eigenvalue weighted by atomic mass is 10.0. The van der Waals surface area contributed by atoms with Gasteiger partial charge in [0.2, 0.25) is 10.0 Å². The topological polar surface area (TPSA) is 46.2 Å². The van der Waals surface area contributed by atoms with Crippen LogP contribution in [0.2, 0.25) is 0 Å². The molecule has 0 unspecified atom stereocenters. The highest BCUT2D eigenvalue weighted by Gasteiger charge is 2.26. The minimum atomic E-state index is -3.02. The molecule has 0 amide bonds. The normalized spacial score (nSPS) is 18.8. The lowest BCUT2D eigenvalue weighted by molar-refractivity contribution is 0.476. The molecule has 0 spiro atoms. The minimum Gasteiger partial charge on any atom is -0.215 e. The maximum atomic E-state index is 11.9. The summed E-state index contributed by atoms with van der Waals surface area (Å²) in [5.41, 5.74) is 0. The van der Waals surface area contributed by atoms with Crippen molar-refractivity contribution in [3.8, 4) is 0 Å². The predicted molar refractivity (Wildman–Crippen MR) is 76.5 cm³/mol. The smallest absolute Gasteiger partial charge is 0.214 e. The number of halogens is 1. The molecule has 0 aromatic carbocycles. The summed E-state index contributed by atoms with van der Waals surface area (Å²) in [5, 5.41) is -0.120. The molecule has 0 aromatic heterocycles. The van der Waals surface area contributed by atoms with Gasteiger partial charge in [-0.25, -0.2) is 13.1 Å². The average Bonchev–Trinajstić information content (AvgIpc) is 2.30. The van der Waals surface area contributed by atoms with E-state index in [1.807, 2.05) is 0 Å². The van der Waals surface area contributed by atoms with Gasteiger partial charge < -0.3 is 0 Å². The van der Waals surface area contributed by atoms with Crippen molar-refractivity contribution in [3.63, 3.8) is 0 Å². The van der Waals surface area contributed by atoms with Crippen LogP contribution in [0.15, 0.2) is 0 Å². The fourth-order valence-corrected chi connectivity index (χ4v) is 4.26. The summed E-state index contributed by atoms with van der Waals surface area (Å²) in [4.78, 5) is 0. The van der Waals surface area contributed by atoms with Crippen LogP contribution in [-0.2, 0) is 10.0 Å². The van der Waals surface area contributed by atoms with Gasteiger partial charge >= 0.3 is 0 Å². The van der Waals surface area contributed by atoms with Crippen molar-refractivity contribution in [2.45, 2.75) is 56.6 Å². The second-order valence-electron chi connectivity index (χ2n) is 4.45. The SMILES string of the molecule is O=S(=O)(NCCCCCI)C1CCCCC1. The van der Waals surface area contributed by atoms with Gasteiger partial charge in [-0.15, -0.1) is 0 Å². The standard InChI is InChI=1S/C11H22INO2S/c12-9-5-2-6-10-13-16(14,15)11-7-3-1-4-8-11/h11,13H,1-10H2. The van der Waals surface area contributed by atoms with E-state index >= 15 is 0 Å². The summed E-state index contributed by atoms with van der Waals surface area (Å²) in [6.07, 6.45) is 8.31. The van der Waals surface area contributed by atoms with Gasteiger partial charge in [-0.05, 0) is 30.1 Å². The van der Waals surface area contributed by atoms with Gasteiger partial charge in [0.15, 0.2) is 0 Å². The Balaban J connectivity index is 2.22. The third-order valence-corrected chi connectivity index (χ3v) is 5.82. The number of alkyl halides is 1. The Morgan fingerprint density at radius 1 is 1.06 bits per heavy atom. The highest BCUT2D eigenvalue weighted by atomic mass is 127. The van der Waals surface area contributed by atoms with Crippen LogP contribution in [-0.4, -0.2) is 24.6 Å². The van der Waals surface area contributed by atoms with Crippen LogP contribution in [0.3, 0.4) is 0 Å². The molecule has 0 atom stereocenters. The number of nitrogens with one attached hydrogen (secondary N) is 1. The summed E-state index contributed by atoms with van der Waals surface area (Å²) in [6, 6.07) is 0. The van der Waals surface area contributed by atoms with E-state index in [2.05, 4.69) is 27.3 Å². The molecule has 0 bridgehead atoms. The monoisotopic (exact) mass is 359 g/mol. The molecule has 96 valence electrons. The quantitative estimate of drug-likeness (QED) is 0.432. The molecule has 1 fully saturated rings. The lowest BCUT2D eigenvalue weighted by Crippen LogP contribution is -2.36. The van der Waals surface area contributed by atoms with Gasteiger partial charge in [0.05, 0.1) is 5.25 Å². The van der Waals surface area contributed by atoms with Gasteiger partial charge in [-0.1, -0.05) is 48.3 Å². The molecule has 1 rings (SSSR count). The molecule has 0 aromatic rings. The molecule has 1 N–H and O–H groups in total. The molecule has 1 aliphatic carbocycles. The molecule has 1 aliphatic rings. The van der Waals surface area contributed by atoms with Crippen LogP contribution in [0.1, 0.15) is 51.4 Å². The van der Waals surface area contributed by atoms with Crippen LogP contribution in [0.5, 0.6) is 0 Å². The summed E-state index contributed by atoms with van der Waals surface area (Å²) in [7, 11) is -3.02. The second kappa shape index (κ2) is 7.87. The van der Waals surface area contributed by atoms with Gasteiger partial charge in [0, 0.05) is 6.54 Å². The Bertz CT molecular complexity index is 274. The third-order valence-electron chi connectivity index (χ3n) is 3.10. The van der Waals surface area contributed by atoms with Crippen molar-refractivity contribution >= 4 is 32.6 Å². The van der Waals surface area contributed by atoms with Crippen molar-refractivity contribution < 1.29 is 8.42 Å². The Morgan fingerprint density at radius 2 is 1.75 bits per heavy atom. The molecule has 5 heteroatoms. The molecule has 0 radical (unpaired) electrons. The zero-order valence-electron chi connectivity index (χ0n) is 9.75. The van der Waals surface area contributed by atoms with E-state index in [0.29, 0.717) is 6.54 Å². The van der Waals surface area contributed by atoms with E-state index in [4.69, 9.17) is 0 Å². The van der Waals surface area contributed by atoms with E-state index in [1.54, 1.807) is 0 Å². The van der Waals surface area contributed by atoms with Crippen LogP contribution < -0.4 is 4.72 Å². The first-order valence-electron chi connectivity index (χ1n) is 6.21. The molecular formula is C11H22INO2S. The molecule has 0 heterocycles. The van der Waals surface area contributed by atoms with Crippen molar-refractivity contribution in [1.82, 2.24) is 4.72 Å². The Kier molecular flexibility index (Phi) is 7.23. The van der Waals surface area contributed by atoms with E-state index in [-0.39, 0.29) is 5.25 Å². The average molecular weight is 359 g/mol. The fraction of sp³-hybridized carbons (Fsp3) is 1.00.